The first kappa shape index (κ1) is 21.4. The molecule has 1 amide bonds. The molecule has 0 aromatic heterocycles. The molecule has 0 heterocycles. The van der Waals surface area contributed by atoms with E-state index in [1.165, 1.54) is 12.2 Å². The zero-order valence-corrected chi connectivity index (χ0v) is 15.7. The molecule has 0 bridgehead atoms. The lowest BCUT2D eigenvalue weighted by molar-refractivity contribution is -0.112. The van der Waals surface area contributed by atoms with E-state index in [-0.39, 0.29) is 19.1 Å². The Labute approximate surface area is 164 Å². The maximum Gasteiger partial charge on any atom is 0.248 e. The van der Waals surface area contributed by atoms with Gasteiger partial charge in [0.05, 0.1) is 18.0 Å². The van der Waals surface area contributed by atoms with Crippen molar-refractivity contribution in [3.05, 3.63) is 66.2 Å². The van der Waals surface area contributed by atoms with E-state index in [1.807, 2.05) is 6.92 Å². The maximum absolute atomic E-state index is 12.1. The van der Waals surface area contributed by atoms with Gasteiger partial charge in [0.2, 0.25) is 5.91 Å². The number of benzene rings is 2. The molecule has 5 N–H and O–H groups in total. The van der Waals surface area contributed by atoms with Crippen molar-refractivity contribution in [2.75, 3.05) is 30.9 Å². The summed E-state index contributed by atoms with van der Waals surface area (Å²) in [6, 6.07) is 13.8. The van der Waals surface area contributed by atoms with Gasteiger partial charge in [0.25, 0.3) is 0 Å². The summed E-state index contributed by atoms with van der Waals surface area (Å²) in [4.78, 5) is 12.1. The predicted molar refractivity (Wildman–Crippen MR) is 108 cm³/mol. The molecule has 0 radical (unpaired) electrons. The summed E-state index contributed by atoms with van der Waals surface area (Å²) in [5.41, 5.74) is 7.41. The van der Waals surface area contributed by atoms with Crippen molar-refractivity contribution in [3.63, 3.8) is 0 Å². The van der Waals surface area contributed by atoms with Crippen LogP contribution in [0.3, 0.4) is 0 Å². The minimum Gasteiger partial charge on any atom is -0.491 e. The highest BCUT2D eigenvalue weighted by Gasteiger charge is 2.19. The van der Waals surface area contributed by atoms with Gasteiger partial charge in [-0.1, -0.05) is 24.3 Å². The smallest absolute Gasteiger partial charge is 0.248 e. The van der Waals surface area contributed by atoms with E-state index < -0.39 is 12.2 Å². The van der Waals surface area contributed by atoms with Crippen molar-refractivity contribution in [2.24, 2.45) is 0 Å². The molecule has 0 unspecified atom stereocenters. The van der Waals surface area contributed by atoms with E-state index in [4.69, 9.17) is 20.3 Å². The lowest BCUT2D eigenvalue weighted by Gasteiger charge is -2.20. The molecule has 0 aliphatic carbocycles. The second kappa shape index (κ2) is 11.1. The van der Waals surface area contributed by atoms with Gasteiger partial charge in [-0.25, -0.2) is 0 Å². The van der Waals surface area contributed by atoms with Gasteiger partial charge in [0.15, 0.2) is 0 Å². The minimum absolute atomic E-state index is 0.0712. The predicted octanol–water partition coefficient (Wildman–Crippen LogP) is 2.27. The molecule has 2 rings (SSSR count). The highest BCUT2D eigenvalue weighted by Crippen LogP contribution is 2.23. The van der Waals surface area contributed by atoms with E-state index in [2.05, 4.69) is 5.32 Å². The number of ether oxygens (including phenoxy) is 2. The number of amides is 1. The van der Waals surface area contributed by atoms with Crippen LogP contribution in [-0.4, -0.2) is 42.0 Å². The van der Waals surface area contributed by atoms with Crippen molar-refractivity contribution in [1.82, 2.24) is 0 Å². The largest absolute Gasteiger partial charge is 0.491 e. The lowest BCUT2D eigenvalue weighted by Crippen LogP contribution is -2.21. The monoisotopic (exact) mass is 386 g/mol. The van der Waals surface area contributed by atoms with Crippen molar-refractivity contribution >= 4 is 17.3 Å². The molecular weight excluding hydrogens is 360 g/mol. The van der Waals surface area contributed by atoms with E-state index in [9.17, 15) is 9.90 Å². The van der Waals surface area contributed by atoms with E-state index in [0.717, 1.165) is 0 Å². The molecular formula is C21H26N2O5. The summed E-state index contributed by atoms with van der Waals surface area (Å²) >= 11 is 0. The van der Waals surface area contributed by atoms with Crippen molar-refractivity contribution in [2.45, 2.75) is 19.1 Å². The fraction of sp³-hybridized carbons (Fsp3) is 0.286. The van der Waals surface area contributed by atoms with Gasteiger partial charge in [-0.05, 0) is 42.8 Å². The number of nitrogens with one attached hydrogen (secondary N) is 1. The van der Waals surface area contributed by atoms with Gasteiger partial charge >= 0.3 is 0 Å². The van der Waals surface area contributed by atoms with Crippen LogP contribution in [0.1, 0.15) is 18.6 Å². The normalized spacial score (nSPS) is 13.2. The van der Waals surface area contributed by atoms with Gasteiger partial charge in [0, 0.05) is 12.7 Å². The number of aliphatic hydroxyl groups is 2. The number of aliphatic hydroxyl groups excluding tert-OH is 2. The summed E-state index contributed by atoms with van der Waals surface area (Å²) in [7, 11) is 0. The molecule has 0 fully saturated rings. The van der Waals surface area contributed by atoms with Crippen LogP contribution in [0, 0.1) is 0 Å². The standard InChI is InChI=1S/C21H26N2O5/c1-2-27-19(11-12-20(25)23-18-6-4-3-5-17(18)22)21(26)15-7-9-16(10-8-15)28-14-13-24/h3-12,19,21,24,26H,2,13-14,22H2,1H3,(H,23,25)/b12-11+/t19-,21-/m1/s1. The first-order valence-corrected chi connectivity index (χ1v) is 9.02. The van der Waals surface area contributed by atoms with E-state index in [1.54, 1.807) is 48.5 Å². The first-order chi connectivity index (χ1) is 13.5. The Morgan fingerprint density at radius 3 is 2.57 bits per heavy atom. The number of rotatable bonds is 10. The summed E-state index contributed by atoms with van der Waals surface area (Å²) < 4.78 is 10.9. The number of nitrogen functional groups attached to an aromatic ring is 1. The molecule has 2 atom stereocenters. The highest BCUT2D eigenvalue weighted by atomic mass is 16.5. The third kappa shape index (κ3) is 6.38. The molecule has 0 aliphatic heterocycles. The molecule has 7 heteroatoms. The number of anilines is 2. The van der Waals surface area contributed by atoms with Crippen molar-refractivity contribution in [1.29, 1.82) is 0 Å². The maximum atomic E-state index is 12.1. The topological polar surface area (TPSA) is 114 Å². The Hall–Kier alpha value is -2.87. The Bertz CT molecular complexity index is 777. The summed E-state index contributed by atoms with van der Waals surface area (Å²) in [6.45, 7) is 2.31. The number of hydrogen-bond acceptors (Lipinski definition) is 6. The second-order valence-electron chi connectivity index (χ2n) is 5.94. The lowest BCUT2D eigenvalue weighted by atomic mass is 10.0. The van der Waals surface area contributed by atoms with Crippen LogP contribution >= 0.6 is 0 Å². The van der Waals surface area contributed by atoms with Crippen LogP contribution in [0.2, 0.25) is 0 Å². The van der Waals surface area contributed by atoms with Gasteiger partial charge in [0.1, 0.15) is 24.6 Å². The molecule has 2 aromatic rings. The quantitative estimate of drug-likeness (QED) is 0.368. The fourth-order valence-electron chi connectivity index (χ4n) is 2.53. The van der Waals surface area contributed by atoms with Crippen LogP contribution in [-0.2, 0) is 9.53 Å². The third-order valence-electron chi connectivity index (χ3n) is 3.91. The average Bonchev–Trinajstić information content (AvgIpc) is 2.71. The van der Waals surface area contributed by atoms with Gasteiger partial charge < -0.3 is 30.7 Å². The Kier molecular flexibility index (Phi) is 8.48. The molecule has 2 aromatic carbocycles. The Morgan fingerprint density at radius 2 is 1.93 bits per heavy atom. The van der Waals surface area contributed by atoms with Crippen LogP contribution in [0.5, 0.6) is 5.75 Å². The number of nitrogens with two attached hydrogens (primary N) is 1. The van der Waals surface area contributed by atoms with Crippen molar-refractivity contribution in [3.8, 4) is 5.75 Å². The molecule has 150 valence electrons. The molecule has 0 saturated heterocycles. The Morgan fingerprint density at radius 1 is 1.21 bits per heavy atom. The molecule has 7 nitrogen and oxygen atoms in total. The summed E-state index contributed by atoms with van der Waals surface area (Å²) in [6.07, 6.45) is 1.17. The SMILES string of the molecule is CCO[C@H](/C=C/C(=O)Nc1ccccc1N)[C@H](O)c1ccc(OCCO)cc1. The minimum atomic E-state index is -0.960. The van der Waals surface area contributed by atoms with Gasteiger partial charge in [-0.3, -0.25) is 4.79 Å². The van der Waals surface area contributed by atoms with Gasteiger partial charge in [-0.2, -0.15) is 0 Å². The number of hydrogen-bond donors (Lipinski definition) is 4. The average molecular weight is 386 g/mol. The van der Waals surface area contributed by atoms with Gasteiger partial charge in [-0.15, -0.1) is 0 Å². The molecule has 28 heavy (non-hydrogen) atoms. The number of carbonyl (C=O) groups is 1. The zero-order chi connectivity index (χ0) is 20.4. The van der Waals surface area contributed by atoms with E-state index in [0.29, 0.717) is 29.3 Å². The van der Waals surface area contributed by atoms with E-state index >= 15 is 0 Å². The second-order valence-corrected chi connectivity index (χ2v) is 5.94. The number of para-hydroxylation sites is 2. The first-order valence-electron chi connectivity index (χ1n) is 9.02. The van der Waals surface area contributed by atoms with Crippen LogP contribution in [0.25, 0.3) is 0 Å². The molecule has 0 aliphatic rings. The van der Waals surface area contributed by atoms with Crippen LogP contribution < -0.4 is 15.8 Å². The third-order valence-corrected chi connectivity index (χ3v) is 3.91. The fourth-order valence-corrected chi connectivity index (χ4v) is 2.53. The molecule has 0 spiro atoms. The van der Waals surface area contributed by atoms with Crippen LogP contribution in [0.4, 0.5) is 11.4 Å². The zero-order valence-electron chi connectivity index (χ0n) is 15.7. The summed E-state index contributed by atoms with van der Waals surface area (Å²) in [5, 5.41) is 22.1. The van der Waals surface area contributed by atoms with Crippen molar-refractivity contribution < 1.29 is 24.5 Å². The highest BCUT2D eigenvalue weighted by molar-refractivity contribution is 6.01. The number of carbonyl (C=O) groups excluding carboxylic acids is 1. The van der Waals surface area contributed by atoms with Crippen LogP contribution in [0.15, 0.2) is 60.7 Å². The summed E-state index contributed by atoms with van der Waals surface area (Å²) in [5.74, 6) is 0.218. The molecule has 0 saturated carbocycles. The Balaban J connectivity index is 2.03.